The molecule has 14 aromatic rings. The van der Waals surface area contributed by atoms with Crippen molar-refractivity contribution < 1.29 is 8.83 Å². The van der Waals surface area contributed by atoms with Crippen LogP contribution in [-0.4, -0.2) is 4.57 Å². The van der Waals surface area contributed by atoms with Gasteiger partial charge in [0.2, 0.25) is 0 Å². The van der Waals surface area contributed by atoms with Crippen LogP contribution < -0.4 is 4.90 Å². The highest BCUT2D eigenvalue weighted by Crippen LogP contribution is 2.55. The fourth-order valence-corrected chi connectivity index (χ4v) is 12.1. The Morgan fingerprint density at radius 1 is 0.370 bits per heavy atom. The van der Waals surface area contributed by atoms with E-state index in [1.54, 1.807) is 0 Å². The molecule has 0 aliphatic heterocycles. The van der Waals surface area contributed by atoms with Crippen LogP contribution in [-0.2, 0) is 5.41 Å². The van der Waals surface area contributed by atoms with Gasteiger partial charge in [0.1, 0.15) is 22.3 Å². The second kappa shape index (κ2) is 15.8. The van der Waals surface area contributed by atoms with Crippen LogP contribution in [0.25, 0.3) is 116 Å². The number of fused-ring (bicyclic) bond motifs is 12. The average Bonchev–Trinajstić information content (AvgIpc) is 4.18. The second-order valence-corrected chi connectivity index (χ2v) is 20.0. The Kier molecular flexibility index (Phi) is 8.97. The standard InChI is InChI=1S/C69H46N2O2/c1-69(2)57-24-11-9-21-53(57)66-58(69)25-14-26-61(66)71(49-35-30-44(31-36-49)43-16-5-3-6-17-43)62-27-15-29-65-67(62)56-41-46(34-39-64(56)72-65)45-32-37-59-54(40-45)55-42-47(33-38-60(55)70(59)48-18-7-4-8-19-48)50-22-13-23-52-51-20-10-12-28-63(51)73-68(50)52/h3-42H,1-2H3. The summed E-state index contributed by atoms with van der Waals surface area (Å²) in [5, 5.41) is 6.75. The molecule has 4 nitrogen and oxygen atoms in total. The lowest BCUT2D eigenvalue weighted by molar-refractivity contribution is 0.660. The molecule has 0 unspecified atom stereocenters. The predicted molar refractivity (Wildman–Crippen MR) is 304 cm³/mol. The van der Waals surface area contributed by atoms with Gasteiger partial charge in [-0.2, -0.15) is 0 Å². The van der Waals surface area contributed by atoms with E-state index in [0.29, 0.717) is 0 Å². The van der Waals surface area contributed by atoms with Gasteiger partial charge in [-0.05, 0) is 129 Å². The Bertz CT molecular complexity index is 4520. The third-order valence-corrected chi connectivity index (χ3v) is 15.6. The fourth-order valence-electron chi connectivity index (χ4n) is 12.1. The van der Waals surface area contributed by atoms with Crippen LogP contribution >= 0.6 is 0 Å². The van der Waals surface area contributed by atoms with Crippen LogP contribution in [0.3, 0.4) is 0 Å². The van der Waals surface area contributed by atoms with Crippen molar-refractivity contribution in [2.24, 2.45) is 0 Å². The Labute approximate surface area is 422 Å². The number of para-hydroxylation sites is 3. The topological polar surface area (TPSA) is 34.5 Å². The maximum absolute atomic E-state index is 6.81. The van der Waals surface area contributed by atoms with Gasteiger partial charge in [0.05, 0.1) is 27.8 Å². The molecule has 0 N–H and O–H groups in total. The predicted octanol–water partition coefficient (Wildman–Crippen LogP) is 19.4. The largest absolute Gasteiger partial charge is 0.456 e. The quantitative estimate of drug-likeness (QED) is 0.160. The van der Waals surface area contributed by atoms with Gasteiger partial charge in [-0.1, -0.05) is 172 Å². The average molecular weight is 935 g/mol. The molecular formula is C69H46N2O2. The van der Waals surface area contributed by atoms with Crippen LogP contribution in [0.2, 0.25) is 0 Å². The first kappa shape index (κ1) is 41.4. The summed E-state index contributed by atoms with van der Waals surface area (Å²) in [4.78, 5) is 2.46. The molecule has 11 aromatic carbocycles. The maximum Gasteiger partial charge on any atom is 0.143 e. The lowest BCUT2D eigenvalue weighted by Crippen LogP contribution is -2.16. The first-order chi connectivity index (χ1) is 36.0. The Balaban J connectivity index is 0.925. The number of anilines is 3. The number of benzene rings is 11. The van der Waals surface area contributed by atoms with Crippen molar-refractivity contribution in [3.05, 3.63) is 254 Å². The highest BCUT2D eigenvalue weighted by atomic mass is 16.3. The summed E-state index contributed by atoms with van der Waals surface area (Å²) in [6.45, 7) is 4.70. The van der Waals surface area contributed by atoms with Gasteiger partial charge in [-0.3, -0.25) is 0 Å². The van der Waals surface area contributed by atoms with E-state index < -0.39 is 0 Å². The van der Waals surface area contributed by atoms with Crippen LogP contribution in [0.4, 0.5) is 17.1 Å². The highest BCUT2D eigenvalue weighted by Gasteiger charge is 2.38. The summed E-state index contributed by atoms with van der Waals surface area (Å²) in [7, 11) is 0. The van der Waals surface area contributed by atoms with Gasteiger partial charge < -0.3 is 18.3 Å². The molecule has 0 amide bonds. The van der Waals surface area contributed by atoms with E-state index in [4.69, 9.17) is 8.83 Å². The highest BCUT2D eigenvalue weighted by molar-refractivity contribution is 6.17. The van der Waals surface area contributed by atoms with E-state index >= 15 is 0 Å². The van der Waals surface area contributed by atoms with Gasteiger partial charge in [0.25, 0.3) is 0 Å². The van der Waals surface area contributed by atoms with E-state index in [0.717, 1.165) is 99.9 Å². The van der Waals surface area contributed by atoms with Crippen molar-refractivity contribution in [2.75, 3.05) is 4.90 Å². The molecule has 3 aromatic heterocycles. The van der Waals surface area contributed by atoms with Crippen molar-refractivity contribution in [2.45, 2.75) is 19.3 Å². The monoisotopic (exact) mass is 934 g/mol. The molecular weight excluding hydrogens is 889 g/mol. The third kappa shape index (κ3) is 6.27. The minimum absolute atomic E-state index is 0.160. The van der Waals surface area contributed by atoms with Gasteiger partial charge in [-0.25, -0.2) is 0 Å². The molecule has 344 valence electrons. The minimum Gasteiger partial charge on any atom is -0.456 e. The van der Waals surface area contributed by atoms with Gasteiger partial charge in [0, 0.05) is 54.8 Å². The molecule has 0 radical (unpaired) electrons. The molecule has 4 heteroatoms. The normalized spacial score (nSPS) is 12.9. The SMILES string of the molecule is CC1(C)c2ccccc2-c2c(N(c3ccc(-c4ccccc4)cc3)c3cccc4oc5ccc(-c6ccc7c(c6)c6cc(-c8cccc9c8oc8ccccc89)ccc6n7-c6ccccc6)cc5c34)cccc21. The Morgan fingerprint density at radius 3 is 1.75 bits per heavy atom. The molecule has 0 bridgehead atoms. The number of hydrogen-bond acceptors (Lipinski definition) is 3. The molecule has 0 fully saturated rings. The number of rotatable bonds is 7. The zero-order chi connectivity index (χ0) is 48.4. The molecule has 73 heavy (non-hydrogen) atoms. The molecule has 0 saturated carbocycles. The summed E-state index contributed by atoms with van der Waals surface area (Å²) in [5.74, 6) is 0. The number of nitrogens with zero attached hydrogens (tertiary/aromatic N) is 2. The van der Waals surface area contributed by atoms with Crippen LogP contribution in [0, 0.1) is 0 Å². The van der Waals surface area contributed by atoms with Crippen molar-refractivity contribution in [3.8, 4) is 50.2 Å². The molecule has 3 heterocycles. The van der Waals surface area contributed by atoms with Crippen LogP contribution in [0.5, 0.6) is 0 Å². The zero-order valence-electron chi connectivity index (χ0n) is 40.3. The second-order valence-electron chi connectivity index (χ2n) is 20.0. The zero-order valence-corrected chi connectivity index (χ0v) is 40.3. The first-order valence-corrected chi connectivity index (χ1v) is 25.2. The van der Waals surface area contributed by atoms with Gasteiger partial charge in [0.15, 0.2) is 0 Å². The lowest BCUT2D eigenvalue weighted by Gasteiger charge is -2.29. The van der Waals surface area contributed by atoms with E-state index in [1.807, 2.05) is 6.07 Å². The van der Waals surface area contributed by atoms with Crippen molar-refractivity contribution in [1.82, 2.24) is 4.57 Å². The Hall–Kier alpha value is -9.38. The molecule has 1 aliphatic rings. The number of hydrogen-bond donors (Lipinski definition) is 0. The third-order valence-electron chi connectivity index (χ3n) is 15.6. The number of furan rings is 2. The van der Waals surface area contributed by atoms with Crippen LogP contribution in [0.1, 0.15) is 25.0 Å². The lowest BCUT2D eigenvalue weighted by atomic mass is 9.82. The summed E-state index contributed by atoms with van der Waals surface area (Å²) in [6, 6.07) is 87.9. The summed E-state index contributed by atoms with van der Waals surface area (Å²) < 4.78 is 15.8. The summed E-state index contributed by atoms with van der Waals surface area (Å²) in [5.41, 5.74) is 22.0. The van der Waals surface area contributed by atoms with Crippen molar-refractivity contribution in [1.29, 1.82) is 0 Å². The molecule has 15 rings (SSSR count). The van der Waals surface area contributed by atoms with Crippen LogP contribution in [0.15, 0.2) is 251 Å². The smallest absolute Gasteiger partial charge is 0.143 e. The molecule has 1 aliphatic carbocycles. The van der Waals surface area contributed by atoms with Crippen molar-refractivity contribution >= 4 is 82.7 Å². The molecule has 0 atom stereocenters. The Morgan fingerprint density at radius 2 is 0.932 bits per heavy atom. The fraction of sp³-hybridized carbons (Fsp3) is 0.0435. The summed E-state index contributed by atoms with van der Waals surface area (Å²) in [6.07, 6.45) is 0. The van der Waals surface area contributed by atoms with E-state index in [-0.39, 0.29) is 5.41 Å². The summed E-state index contributed by atoms with van der Waals surface area (Å²) >= 11 is 0. The molecule has 0 saturated heterocycles. The maximum atomic E-state index is 6.81. The van der Waals surface area contributed by atoms with Gasteiger partial charge >= 0.3 is 0 Å². The molecule has 0 spiro atoms. The van der Waals surface area contributed by atoms with E-state index in [1.165, 1.54) is 44.2 Å². The van der Waals surface area contributed by atoms with E-state index in [2.05, 4.69) is 260 Å². The minimum atomic E-state index is -0.160. The van der Waals surface area contributed by atoms with Gasteiger partial charge in [-0.15, -0.1) is 0 Å². The first-order valence-electron chi connectivity index (χ1n) is 25.2. The van der Waals surface area contributed by atoms with Crippen molar-refractivity contribution in [3.63, 3.8) is 0 Å². The number of aromatic nitrogens is 1. The van der Waals surface area contributed by atoms with E-state index in [9.17, 15) is 0 Å².